The van der Waals surface area contributed by atoms with Crippen molar-refractivity contribution in [2.45, 2.75) is 31.9 Å². The molecular formula is C17H27NO4. The van der Waals surface area contributed by atoms with E-state index in [-0.39, 0.29) is 6.10 Å². The van der Waals surface area contributed by atoms with E-state index in [0.29, 0.717) is 6.61 Å². The molecule has 1 atom stereocenters. The van der Waals surface area contributed by atoms with Crippen molar-refractivity contribution in [3.05, 3.63) is 23.8 Å². The molecule has 1 aliphatic heterocycles. The SMILES string of the molecule is COCCCNCc1ccc(OCC2CCCO2)c(OC)c1. The topological polar surface area (TPSA) is 49.0 Å². The number of nitrogens with one attached hydrogen (secondary N) is 1. The van der Waals surface area contributed by atoms with Gasteiger partial charge in [0.25, 0.3) is 0 Å². The van der Waals surface area contributed by atoms with Gasteiger partial charge in [0.1, 0.15) is 6.61 Å². The van der Waals surface area contributed by atoms with E-state index in [1.54, 1.807) is 14.2 Å². The molecule has 1 unspecified atom stereocenters. The normalized spacial score (nSPS) is 17.6. The van der Waals surface area contributed by atoms with E-state index in [0.717, 1.165) is 57.1 Å². The Morgan fingerprint density at radius 1 is 1.27 bits per heavy atom. The predicted octanol–water partition coefficient (Wildman–Crippen LogP) is 2.38. The molecule has 0 aromatic heterocycles. The molecule has 5 nitrogen and oxygen atoms in total. The average molecular weight is 309 g/mol. The summed E-state index contributed by atoms with van der Waals surface area (Å²) in [6.07, 6.45) is 3.42. The molecule has 0 amide bonds. The van der Waals surface area contributed by atoms with Crippen LogP contribution >= 0.6 is 0 Å². The van der Waals surface area contributed by atoms with Crippen LogP contribution in [0.5, 0.6) is 11.5 Å². The second-order valence-corrected chi connectivity index (χ2v) is 5.45. The monoisotopic (exact) mass is 309 g/mol. The highest BCUT2D eigenvalue weighted by Crippen LogP contribution is 2.28. The molecule has 0 aliphatic carbocycles. The highest BCUT2D eigenvalue weighted by molar-refractivity contribution is 5.43. The molecule has 5 heteroatoms. The van der Waals surface area contributed by atoms with E-state index in [2.05, 4.69) is 11.4 Å². The molecule has 0 bridgehead atoms. The van der Waals surface area contributed by atoms with Gasteiger partial charge < -0.3 is 24.3 Å². The maximum Gasteiger partial charge on any atom is 0.161 e. The highest BCUT2D eigenvalue weighted by atomic mass is 16.5. The third-order valence-electron chi connectivity index (χ3n) is 3.71. The molecule has 1 aromatic carbocycles. The fourth-order valence-corrected chi connectivity index (χ4v) is 2.47. The zero-order valence-corrected chi connectivity index (χ0v) is 13.6. The van der Waals surface area contributed by atoms with Crippen molar-refractivity contribution in [3.8, 4) is 11.5 Å². The van der Waals surface area contributed by atoms with Crippen LogP contribution in [0, 0.1) is 0 Å². The summed E-state index contributed by atoms with van der Waals surface area (Å²) in [5.41, 5.74) is 1.18. The summed E-state index contributed by atoms with van der Waals surface area (Å²) < 4.78 is 21.9. The Morgan fingerprint density at radius 2 is 2.18 bits per heavy atom. The van der Waals surface area contributed by atoms with Crippen molar-refractivity contribution >= 4 is 0 Å². The molecule has 1 N–H and O–H groups in total. The van der Waals surface area contributed by atoms with Gasteiger partial charge in [-0.25, -0.2) is 0 Å². The lowest BCUT2D eigenvalue weighted by atomic mass is 10.2. The molecule has 22 heavy (non-hydrogen) atoms. The lowest BCUT2D eigenvalue weighted by molar-refractivity contribution is 0.0669. The Hall–Kier alpha value is -1.30. The summed E-state index contributed by atoms with van der Waals surface area (Å²) in [7, 11) is 3.39. The van der Waals surface area contributed by atoms with E-state index in [1.807, 2.05) is 12.1 Å². The van der Waals surface area contributed by atoms with Gasteiger partial charge >= 0.3 is 0 Å². The quantitative estimate of drug-likeness (QED) is 0.673. The lowest BCUT2D eigenvalue weighted by Gasteiger charge is -2.15. The van der Waals surface area contributed by atoms with Crippen molar-refractivity contribution in [2.24, 2.45) is 0 Å². The van der Waals surface area contributed by atoms with Gasteiger partial charge in [-0.15, -0.1) is 0 Å². The Balaban J connectivity index is 1.81. The summed E-state index contributed by atoms with van der Waals surface area (Å²) in [5, 5.41) is 3.39. The fourth-order valence-electron chi connectivity index (χ4n) is 2.47. The largest absolute Gasteiger partial charge is 0.493 e. The third-order valence-corrected chi connectivity index (χ3v) is 3.71. The lowest BCUT2D eigenvalue weighted by Crippen LogP contribution is -2.17. The van der Waals surface area contributed by atoms with E-state index in [4.69, 9.17) is 18.9 Å². The third kappa shape index (κ3) is 5.48. The van der Waals surface area contributed by atoms with E-state index >= 15 is 0 Å². The van der Waals surface area contributed by atoms with Crippen molar-refractivity contribution in [1.82, 2.24) is 5.32 Å². The van der Waals surface area contributed by atoms with Gasteiger partial charge in [0.15, 0.2) is 11.5 Å². The summed E-state index contributed by atoms with van der Waals surface area (Å²) in [5.74, 6) is 1.55. The minimum absolute atomic E-state index is 0.215. The van der Waals surface area contributed by atoms with Crippen LogP contribution in [-0.2, 0) is 16.0 Å². The second kappa shape index (κ2) is 9.66. The van der Waals surface area contributed by atoms with Crippen LogP contribution in [-0.4, -0.2) is 46.7 Å². The molecule has 1 fully saturated rings. The first-order valence-electron chi connectivity index (χ1n) is 7.94. The van der Waals surface area contributed by atoms with Crippen LogP contribution in [0.1, 0.15) is 24.8 Å². The number of methoxy groups -OCH3 is 2. The van der Waals surface area contributed by atoms with Crippen LogP contribution in [0.2, 0.25) is 0 Å². The van der Waals surface area contributed by atoms with Gasteiger partial charge in [-0.05, 0) is 43.5 Å². The number of rotatable bonds is 10. The van der Waals surface area contributed by atoms with Crippen molar-refractivity contribution in [2.75, 3.05) is 40.6 Å². The van der Waals surface area contributed by atoms with Gasteiger partial charge in [0.05, 0.1) is 13.2 Å². The summed E-state index contributed by atoms with van der Waals surface area (Å²) in [6, 6.07) is 6.06. The Kier molecular flexibility index (Phi) is 7.49. The number of hydrogen-bond donors (Lipinski definition) is 1. The maximum absolute atomic E-state index is 5.84. The minimum atomic E-state index is 0.215. The second-order valence-electron chi connectivity index (χ2n) is 5.45. The van der Waals surface area contributed by atoms with E-state index < -0.39 is 0 Å². The molecule has 1 aliphatic rings. The number of ether oxygens (including phenoxy) is 4. The first-order valence-corrected chi connectivity index (χ1v) is 7.94. The maximum atomic E-state index is 5.84. The molecule has 1 heterocycles. The Morgan fingerprint density at radius 3 is 2.91 bits per heavy atom. The fraction of sp³-hybridized carbons (Fsp3) is 0.647. The zero-order chi connectivity index (χ0) is 15.6. The van der Waals surface area contributed by atoms with Gasteiger partial charge in [-0.2, -0.15) is 0 Å². The van der Waals surface area contributed by atoms with Crippen LogP contribution in [0.3, 0.4) is 0 Å². The molecule has 2 rings (SSSR count). The van der Waals surface area contributed by atoms with Crippen LogP contribution in [0.25, 0.3) is 0 Å². The van der Waals surface area contributed by atoms with Crippen LogP contribution in [0.15, 0.2) is 18.2 Å². The molecule has 0 radical (unpaired) electrons. The smallest absolute Gasteiger partial charge is 0.161 e. The standard InChI is InChI=1S/C17H27NO4/c1-19-9-4-8-18-12-14-6-7-16(17(11-14)20-2)22-13-15-5-3-10-21-15/h6-7,11,15,18H,3-5,8-10,12-13H2,1-2H3. The number of hydrogen-bond acceptors (Lipinski definition) is 5. The average Bonchev–Trinajstić information content (AvgIpc) is 3.06. The minimum Gasteiger partial charge on any atom is -0.493 e. The van der Waals surface area contributed by atoms with Crippen molar-refractivity contribution < 1.29 is 18.9 Å². The zero-order valence-electron chi connectivity index (χ0n) is 13.6. The van der Waals surface area contributed by atoms with E-state index in [9.17, 15) is 0 Å². The first kappa shape index (κ1) is 17.1. The molecule has 0 spiro atoms. The summed E-state index contributed by atoms with van der Waals surface area (Å²) >= 11 is 0. The Labute approximate surface area is 132 Å². The van der Waals surface area contributed by atoms with Crippen molar-refractivity contribution in [1.29, 1.82) is 0 Å². The molecular weight excluding hydrogens is 282 g/mol. The summed E-state index contributed by atoms with van der Waals surface area (Å²) in [6.45, 7) is 3.97. The van der Waals surface area contributed by atoms with Gasteiger partial charge in [0, 0.05) is 26.9 Å². The first-order chi connectivity index (χ1) is 10.8. The molecule has 1 saturated heterocycles. The highest BCUT2D eigenvalue weighted by Gasteiger charge is 2.17. The predicted molar refractivity (Wildman–Crippen MR) is 85.7 cm³/mol. The molecule has 1 aromatic rings. The van der Waals surface area contributed by atoms with Crippen LogP contribution in [0.4, 0.5) is 0 Å². The molecule has 0 saturated carbocycles. The van der Waals surface area contributed by atoms with Crippen molar-refractivity contribution in [3.63, 3.8) is 0 Å². The van der Waals surface area contributed by atoms with E-state index in [1.165, 1.54) is 5.56 Å². The Bertz CT molecular complexity index is 433. The van der Waals surface area contributed by atoms with Gasteiger partial charge in [-0.1, -0.05) is 6.07 Å². The van der Waals surface area contributed by atoms with Crippen LogP contribution < -0.4 is 14.8 Å². The summed E-state index contributed by atoms with van der Waals surface area (Å²) in [4.78, 5) is 0. The molecule has 124 valence electrons. The van der Waals surface area contributed by atoms with Gasteiger partial charge in [-0.3, -0.25) is 0 Å². The number of benzene rings is 1. The van der Waals surface area contributed by atoms with Gasteiger partial charge in [0.2, 0.25) is 0 Å².